The molecule has 1 rings (SSSR count). The predicted octanol–water partition coefficient (Wildman–Crippen LogP) is 2.70. The average molecular weight is 322 g/mol. The van der Waals surface area contributed by atoms with Gasteiger partial charge < -0.3 is 15.7 Å². The molecule has 0 saturated carbocycles. The molecule has 0 aliphatic heterocycles. The zero-order valence-corrected chi connectivity index (χ0v) is 11.0. The lowest BCUT2D eigenvalue weighted by molar-refractivity contribution is -0.136. The van der Waals surface area contributed by atoms with Crippen LogP contribution in [0.2, 0.25) is 5.02 Å². The summed E-state index contributed by atoms with van der Waals surface area (Å²) in [4.78, 5) is 21.6. The third-order valence-electron chi connectivity index (χ3n) is 1.80. The van der Waals surface area contributed by atoms with Crippen LogP contribution in [0.25, 0.3) is 0 Å². The van der Waals surface area contributed by atoms with E-state index in [1.54, 1.807) is 18.2 Å². The van der Waals surface area contributed by atoms with Gasteiger partial charge in [0.1, 0.15) is 0 Å². The topological polar surface area (TPSA) is 78.4 Å². The van der Waals surface area contributed by atoms with Gasteiger partial charge in [-0.15, -0.1) is 0 Å². The fourth-order valence-corrected chi connectivity index (χ4v) is 1.57. The van der Waals surface area contributed by atoms with E-state index in [1.165, 1.54) is 0 Å². The van der Waals surface area contributed by atoms with Crippen molar-refractivity contribution in [2.24, 2.45) is 0 Å². The molecule has 2 amide bonds. The second-order valence-corrected chi connectivity index (χ2v) is 4.47. The number of nitrogens with one attached hydrogen (secondary N) is 2. The number of halogens is 2. The van der Waals surface area contributed by atoms with Gasteiger partial charge in [-0.25, -0.2) is 4.79 Å². The van der Waals surface area contributed by atoms with Crippen LogP contribution in [0.3, 0.4) is 0 Å². The van der Waals surface area contributed by atoms with E-state index >= 15 is 0 Å². The van der Waals surface area contributed by atoms with Gasteiger partial charge in [-0.05, 0) is 18.2 Å². The van der Waals surface area contributed by atoms with E-state index < -0.39 is 12.0 Å². The monoisotopic (exact) mass is 320 g/mol. The number of urea groups is 1. The number of carboxylic acid groups (broad SMARTS) is 1. The van der Waals surface area contributed by atoms with Crippen molar-refractivity contribution in [2.45, 2.75) is 6.42 Å². The molecule has 92 valence electrons. The number of aliphatic carboxylic acids is 1. The summed E-state index contributed by atoms with van der Waals surface area (Å²) < 4.78 is 0.780. The molecule has 0 bridgehead atoms. The van der Waals surface area contributed by atoms with E-state index in [0.717, 1.165) is 4.47 Å². The Bertz CT molecular complexity index is 440. The molecule has 0 aliphatic rings. The maximum absolute atomic E-state index is 11.4. The molecule has 1 aromatic carbocycles. The minimum atomic E-state index is -0.967. The lowest BCUT2D eigenvalue weighted by Crippen LogP contribution is -2.30. The van der Waals surface area contributed by atoms with E-state index in [-0.39, 0.29) is 13.0 Å². The Morgan fingerprint density at radius 2 is 2.12 bits per heavy atom. The summed E-state index contributed by atoms with van der Waals surface area (Å²) in [5.41, 5.74) is 0.453. The number of benzene rings is 1. The second-order valence-electron chi connectivity index (χ2n) is 3.15. The molecule has 17 heavy (non-hydrogen) atoms. The molecular formula is C10H10BrClN2O3. The Hall–Kier alpha value is -1.27. The highest BCUT2D eigenvalue weighted by Gasteiger charge is 2.06. The first kappa shape index (κ1) is 13.8. The molecule has 0 unspecified atom stereocenters. The Balaban J connectivity index is 2.50. The van der Waals surface area contributed by atoms with Gasteiger partial charge in [-0.2, -0.15) is 0 Å². The van der Waals surface area contributed by atoms with Crippen molar-refractivity contribution in [1.29, 1.82) is 0 Å². The van der Waals surface area contributed by atoms with Crippen LogP contribution in [-0.4, -0.2) is 23.7 Å². The smallest absolute Gasteiger partial charge is 0.319 e. The quantitative estimate of drug-likeness (QED) is 0.798. The van der Waals surface area contributed by atoms with E-state index in [9.17, 15) is 9.59 Å². The van der Waals surface area contributed by atoms with E-state index in [2.05, 4.69) is 26.6 Å². The standard InChI is InChI=1S/C10H10BrClN2O3/c11-6-1-2-7(12)8(5-6)14-10(17)13-4-3-9(15)16/h1-2,5H,3-4H2,(H,15,16)(H2,13,14,17). The normalized spacial score (nSPS) is 9.76. The Morgan fingerprint density at radius 3 is 2.76 bits per heavy atom. The lowest BCUT2D eigenvalue weighted by Gasteiger charge is -2.08. The third-order valence-corrected chi connectivity index (χ3v) is 2.62. The number of hydrogen-bond donors (Lipinski definition) is 3. The molecule has 0 aromatic heterocycles. The van der Waals surface area contributed by atoms with Crippen molar-refractivity contribution in [3.8, 4) is 0 Å². The van der Waals surface area contributed by atoms with Crippen LogP contribution in [-0.2, 0) is 4.79 Å². The molecule has 0 saturated heterocycles. The number of amides is 2. The number of anilines is 1. The zero-order chi connectivity index (χ0) is 12.8. The van der Waals surface area contributed by atoms with Crippen molar-refractivity contribution in [3.05, 3.63) is 27.7 Å². The summed E-state index contributed by atoms with van der Waals surface area (Å²) in [6.07, 6.45) is -0.125. The van der Waals surface area contributed by atoms with Gasteiger partial charge in [0.05, 0.1) is 17.1 Å². The van der Waals surface area contributed by atoms with Crippen LogP contribution in [0.4, 0.5) is 10.5 Å². The van der Waals surface area contributed by atoms with Crippen molar-refractivity contribution in [3.63, 3.8) is 0 Å². The van der Waals surface area contributed by atoms with Crippen molar-refractivity contribution in [1.82, 2.24) is 5.32 Å². The molecule has 0 fully saturated rings. The summed E-state index contributed by atoms with van der Waals surface area (Å²) >= 11 is 9.12. The largest absolute Gasteiger partial charge is 0.481 e. The maximum Gasteiger partial charge on any atom is 0.319 e. The van der Waals surface area contributed by atoms with Crippen LogP contribution < -0.4 is 10.6 Å². The van der Waals surface area contributed by atoms with Gasteiger partial charge in [-0.3, -0.25) is 4.79 Å². The Labute approximate surface area is 111 Å². The summed E-state index contributed by atoms with van der Waals surface area (Å²) in [6.45, 7) is 0.0623. The highest BCUT2D eigenvalue weighted by molar-refractivity contribution is 9.10. The number of carbonyl (C=O) groups excluding carboxylic acids is 1. The van der Waals surface area contributed by atoms with Gasteiger partial charge in [0.15, 0.2) is 0 Å². The molecule has 0 atom stereocenters. The Morgan fingerprint density at radius 1 is 1.41 bits per heavy atom. The summed E-state index contributed by atoms with van der Waals surface area (Å²) in [7, 11) is 0. The zero-order valence-electron chi connectivity index (χ0n) is 8.67. The molecule has 7 heteroatoms. The first-order valence-corrected chi connectivity index (χ1v) is 5.88. The van der Waals surface area contributed by atoms with Crippen LogP contribution in [0.5, 0.6) is 0 Å². The molecule has 0 spiro atoms. The SMILES string of the molecule is O=C(O)CCNC(=O)Nc1cc(Br)ccc1Cl. The highest BCUT2D eigenvalue weighted by atomic mass is 79.9. The van der Waals surface area contributed by atoms with Gasteiger partial charge in [-0.1, -0.05) is 27.5 Å². The van der Waals surface area contributed by atoms with Crippen molar-refractivity contribution < 1.29 is 14.7 Å². The molecular weight excluding hydrogens is 311 g/mol. The summed E-state index contributed by atoms with van der Waals surface area (Å²) in [5, 5.41) is 13.7. The van der Waals surface area contributed by atoms with Crippen LogP contribution in [0.15, 0.2) is 22.7 Å². The fraction of sp³-hybridized carbons (Fsp3) is 0.200. The summed E-state index contributed by atoms with van der Waals surface area (Å²) in [5.74, 6) is -0.967. The number of carbonyl (C=O) groups is 2. The van der Waals surface area contributed by atoms with E-state index in [1.807, 2.05) is 0 Å². The molecule has 1 aromatic rings. The van der Waals surface area contributed by atoms with Crippen LogP contribution in [0.1, 0.15) is 6.42 Å². The van der Waals surface area contributed by atoms with E-state index in [0.29, 0.717) is 10.7 Å². The molecule has 0 aliphatic carbocycles. The van der Waals surface area contributed by atoms with Crippen molar-refractivity contribution in [2.75, 3.05) is 11.9 Å². The number of hydrogen-bond acceptors (Lipinski definition) is 2. The molecule has 0 heterocycles. The van der Waals surface area contributed by atoms with Gasteiger partial charge in [0, 0.05) is 11.0 Å². The third kappa shape index (κ3) is 5.06. The predicted molar refractivity (Wildman–Crippen MR) is 68.4 cm³/mol. The Kier molecular flexibility index (Phi) is 5.24. The van der Waals surface area contributed by atoms with Crippen LogP contribution >= 0.6 is 27.5 Å². The maximum atomic E-state index is 11.4. The molecule has 0 radical (unpaired) electrons. The molecule has 3 N–H and O–H groups in total. The first-order chi connectivity index (χ1) is 7.99. The first-order valence-electron chi connectivity index (χ1n) is 4.70. The molecule has 5 nitrogen and oxygen atoms in total. The minimum Gasteiger partial charge on any atom is -0.481 e. The number of rotatable bonds is 4. The number of carboxylic acids is 1. The van der Waals surface area contributed by atoms with E-state index in [4.69, 9.17) is 16.7 Å². The highest BCUT2D eigenvalue weighted by Crippen LogP contribution is 2.25. The minimum absolute atomic E-state index is 0.0623. The van der Waals surface area contributed by atoms with Gasteiger partial charge >= 0.3 is 12.0 Å². The summed E-state index contributed by atoms with van der Waals surface area (Å²) in [6, 6.07) is 4.54. The second kappa shape index (κ2) is 6.46. The van der Waals surface area contributed by atoms with Gasteiger partial charge in [0.2, 0.25) is 0 Å². The van der Waals surface area contributed by atoms with Crippen LogP contribution in [0, 0.1) is 0 Å². The fourth-order valence-electron chi connectivity index (χ4n) is 1.04. The lowest BCUT2D eigenvalue weighted by atomic mass is 10.3. The van der Waals surface area contributed by atoms with Crippen molar-refractivity contribution >= 4 is 45.2 Å². The average Bonchev–Trinajstić information content (AvgIpc) is 2.23. The van der Waals surface area contributed by atoms with Gasteiger partial charge in [0.25, 0.3) is 0 Å².